The van der Waals surface area contributed by atoms with Crippen LogP contribution in [0.1, 0.15) is 34.0 Å². The summed E-state index contributed by atoms with van der Waals surface area (Å²) in [6.45, 7) is 4.19. The van der Waals surface area contributed by atoms with E-state index in [1.165, 1.54) is 0 Å². The molecule has 3 heterocycles. The smallest absolute Gasteiger partial charge is 0.169 e. The van der Waals surface area contributed by atoms with E-state index in [4.69, 9.17) is 19.8 Å². The van der Waals surface area contributed by atoms with Crippen LogP contribution in [-0.2, 0) is 0 Å². The van der Waals surface area contributed by atoms with E-state index in [0.29, 0.717) is 23.1 Å². The van der Waals surface area contributed by atoms with Crippen LogP contribution >= 0.6 is 0 Å². The lowest BCUT2D eigenvalue weighted by molar-refractivity contribution is 0.0742. The molecule has 3 aliphatic rings. The topological polar surface area (TPSA) is 61.6 Å². The van der Waals surface area contributed by atoms with Crippen LogP contribution in [-0.4, -0.2) is 22.6 Å². The Hall–Kier alpha value is -6.53. The van der Waals surface area contributed by atoms with Crippen molar-refractivity contribution in [1.29, 1.82) is 0 Å². The molecule has 1 N–H and O–H groups in total. The Morgan fingerprint density at radius 1 is 0.625 bits per heavy atom. The lowest BCUT2D eigenvalue weighted by Crippen LogP contribution is -2.33. The maximum atomic E-state index is 6.40. The first-order valence-electron chi connectivity index (χ1n) is 15.9. The zero-order valence-electron chi connectivity index (χ0n) is 25.9. The Morgan fingerprint density at radius 3 is 1.94 bits per heavy atom. The molecule has 228 valence electrons. The molecule has 0 saturated carbocycles. The van der Waals surface area contributed by atoms with Gasteiger partial charge in [-0.3, -0.25) is 0 Å². The Balaban J connectivity index is 1.26. The lowest BCUT2D eigenvalue weighted by atomic mass is 9.87. The van der Waals surface area contributed by atoms with Crippen LogP contribution < -0.4 is 10.2 Å². The summed E-state index contributed by atoms with van der Waals surface area (Å²) < 4.78 is 0. The maximum absolute atomic E-state index is 6.40. The highest BCUT2D eigenvalue weighted by atomic mass is 16.7. The molecule has 6 nitrogen and oxygen atoms in total. The number of para-hydroxylation sites is 1. The van der Waals surface area contributed by atoms with Gasteiger partial charge in [0.05, 0.1) is 11.9 Å². The minimum absolute atomic E-state index is 0.300. The highest BCUT2D eigenvalue weighted by molar-refractivity contribution is 6.27. The van der Waals surface area contributed by atoms with Crippen LogP contribution in [0.4, 0.5) is 0 Å². The summed E-state index contributed by atoms with van der Waals surface area (Å²) in [5.74, 6) is 2.86. The molecule has 0 spiro atoms. The van der Waals surface area contributed by atoms with Crippen molar-refractivity contribution in [3.05, 3.63) is 186 Å². The Morgan fingerprint density at radius 2 is 1.23 bits per heavy atom. The van der Waals surface area contributed by atoms with Gasteiger partial charge in [0.1, 0.15) is 12.0 Å². The molecular weight excluding hydrogens is 590 g/mol. The number of benzene rings is 6. The normalized spacial score (nSPS) is 16.9. The second kappa shape index (κ2) is 11.4. The predicted octanol–water partition coefficient (Wildman–Crippen LogP) is 9.08. The zero-order chi connectivity index (χ0) is 32.0. The van der Waals surface area contributed by atoms with Gasteiger partial charge in [0.25, 0.3) is 0 Å². The summed E-state index contributed by atoms with van der Waals surface area (Å²) >= 11 is 0. The van der Waals surface area contributed by atoms with E-state index in [1.807, 2.05) is 72.9 Å². The number of rotatable bonds is 4. The van der Waals surface area contributed by atoms with E-state index in [0.717, 1.165) is 60.8 Å². The van der Waals surface area contributed by atoms with Crippen molar-refractivity contribution in [2.75, 3.05) is 0 Å². The van der Waals surface area contributed by atoms with E-state index in [-0.39, 0.29) is 6.17 Å². The summed E-state index contributed by atoms with van der Waals surface area (Å²) in [5, 5.41) is 9.66. The minimum Gasteiger partial charge on any atom is -0.373 e. The first-order chi connectivity index (χ1) is 23.7. The highest BCUT2D eigenvalue weighted by Crippen LogP contribution is 2.40. The van der Waals surface area contributed by atoms with Gasteiger partial charge in [-0.25, -0.2) is 15.0 Å². The third-order valence-corrected chi connectivity index (χ3v) is 8.89. The molecule has 0 bridgehead atoms. The maximum Gasteiger partial charge on any atom is 0.169 e. The van der Waals surface area contributed by atoms with Gasteiger partial charge in [-0.2, -0.15) is 5.06 Å². The average molecular weight is 620 g/mol. The number of allylic oxidation sites excluding steroid dienone is 2. The molecule has 0 amide bonds. The quantitative estimate of drug-likeness (QED) is 0.200. The predicted molar refractivity (Wildman–Crippen MR) is 196 cm³/mol. The van der Waals surface area contributed by atoms with Gasteiger partial charge >= 0.3 is 0 Å². The second-order valence-corrected chi connectivity index (χ2v) is 11.8. The SMILES string of the molecule is C=C1N=C2C=CC(c3c4ccccc4c(C4=NC(c5ccccc5)NC(c5ccccc5)=N4)c4ccccc34)=CN2Oc2ccccc21. The van der Waals surface area contributed by atoms with Crippen molar-refractivity contribution in [2.45, 2.75) is 6.17 Å². The number of hydrogen-bond acceptors (Lipinski definition) is 6. The van der Waals surface area contributed by atoms with Crippen molar-refractivity contribution in [3.8, 4) is 5.75 Å². The molecule has 6 heteroatoms. The number of aliphatic imine (C=N–C) groups is 3. The van der Waals surface area contributed by atoms with Gasteiger partial charge in [0, 0.05) is 22.3 Å². The van der Waals surface area contributed by atoms with Gasteiger partial charge in [0.2, 0.25) is 0 Å². The van der Waals surface area contributed by atoms with Gasteiger partial charge in [0.15, 0.2) is 17.4 Å². The number of nitrogens with one attached hydrogen (secondary N) is 1. The monoisotopic (exact) mass is 619 g/mol. The standard InChI is InChI=1S/C42H29N5O/c1-27-31-18-12-13-23-36(31)48-47-26-30(24-25-37(47)43-27)38-32-19-8-10-21-34(32)39(35-22-11-9-20-33(35)38)42-45-40(28-14-4-2-5-15-28)44-41(46-42)29-16-6-3-7-17-29/h2-26,40H,1H2,(H,44,45,46). The van der Waals surface area contributed by atoms with E-state index >= 15 is 0 Å². The summed E-state index contributed by atoms with van der Waals surface area (Å²) in [7, 11) is 0. The van der Waals surface area contributed by atoms with Gasteiger partial charge in [-0.1, -0.05) is 128 Å². The van der Waals surface area contributed by atoms with E-state index < -0.39 is 0 Å². The van der Waals surface area contributed by atoms with Gasteiger partial charge < -0.3 is 10.2 Å². The fourth-order valence-corrected chi connectivity index (χ4v) is 6.66. The molecule has 1 unspecified atom stereocenters. The van der Waals surface area contributed by atoms with Crippen molar-refractivity contribution >= 4 is 50.3 Å². The summed E-state index contributed by atoms with van der Waals surface area (Å²) in [6.07, 6.45) is 5.81. The van der Waals surface area contributed by atoms with Crippen LogP contribution in [0.15, 0.2) is 173 Å². The molecule has 0 radical (unpaired) electrons. The molecule has 0 saturated heterocycles. The fourth-order valence-electron chi connectivity index (χ4n) is 6.66. The second-order valence-electron chi connectivity index (χ2n) is 11.8. The van der Waals surface area contributed by atoms with E-state index in [2.05, 4.69) is 90.8 Å². The molecule has 3 aliphatic heterocycles. The number of nitrogens with zero attached hydrogens (tertiary/aromatic N) is 4. The largest absolute Gasteiger partial charge is 0.373 e. The van der Waals surface area contributed by atoms with Crippen molar-refractivity contribution in [3.63, 3.8) is 0 Å². The summed E-state index contributed by atoms with van der Waals surface area (Å²) in [6, 6.07) is 45.4. The van der Waals surface area contributed by atoms with Crippen LogP contribution in [0.5, 0.6) is 5.75 Å². The van der Waals surface area contributed by atoms with Crippen molar-refractivity contribution < 1.29 is 4.84 Å². The Labute approximate surface area is 278 Å². The highest BCUT2D eigenvalue weighted by Gasteiger charge is 2.27. The van der Waals surface area contributed by atoms with Crippen LogP contribution in [0.25, 0.3) is 32.8 Å². The van der Waals surface area contributed by atoms with Gasteiger partial charge in [-0.15, -0.1) is 0 Å². The third-order valence-electron chi connectivity index (χ3n) is 8.89. The molecule has 0 aliphatic carbocycles. The van der Waals surface area contributed by atoms with Crippen LogP contribution in [0, 0.1) is 0 Å². The fraction of sp³-hybridized carbons (Fsp3) is 0.0238. The van der Waals surface area contributed by atoms with Crippen molar-refractivity contribution in [2.24, 2.45) is 15.0 Å². The average Bonchev–Trinajstić information content (AvgIpc) is 3.29. The first kappa shape index (κ1) is 27.8. The molecule has 0 fully saturated rings. The summed E-state index contributed by atoms with van der Waals surface area (Å²) in [4.78, 5) is 21.7. The minimum atomic E-state index is -0.300. The molecule has 6 aromatic rings. The van der Waals surface area contributed by atoms with E-state index in [9.17, 15) is 0 Å². The van der Waals surface area contributed by atoms with Crippen LogP contribution in [0.2, 0.25) is 0 Å². The Kier molecular flexibility index (Phi) is 6.57. The molecule has 1 atom stereocenters. The van der Waals surface area contributed by atoms with Gasteiger partial charge in [-0.05, 0) is 57.0 Å². The lowest BCUT2D eigenvalue weighted by Gasteiger charge is -2.26. The number of hydroxylamine groups is 2. The molecular formula is C42H29N5O. The van der Waals surface area contributed by atoms with Crippen LogP contribution in [0.3, 0.4) is 0 Å². The first-order valence-corrected chi connectivity index (χ1v) is 15.9. The zero-order valence-corrected chi connectivity index (χ0v) is 25.9. The molecule has 0 aromatic heterocycles. The Bertz CT molecular complexity index is 2360. The van der Waals surface area contributed by atoms with Crippen molar-refractivity contribution in [1.82, 2.24) is 10.4 Å². The molecule has 48 heavy (non-hydrogen) atoms. The molecule has 6 aromatic carbocycles. The number of amidine groups is 3. The number of fused-ring (bicyclic) bond motifs is 4. The summed E-state index contributed by atoms with van der Waals surface area (Å²) in [5.41, 5.74) is 6.71. The van der Waals surface area contributed by atoms with E-state index in [1.54, 1.807) is 5.06 Å². The number of hydrogen-bond donors (Lipinski definition) is 1. The molecule has 9 rings (SSSR count). The third kappa shape index (κ3) is 4.70.